The largest absolute Gasteiger partial charge is 0.369 e. The van der Waals surface area contributed by atoms with Gasteiger partial charge in [0.2, 0.25) is 5.91 Å². The Balaban J connectivity index is 1.44. The number of pyridine rings is 1. The third kappa shape index (κ3) is 2.90. The maximum atomic E-state index is 13.6. The minimum atomic E-state index is -0.366. The number of carbonyl (C=O) groups excluding carboxylic acids is 2. The molecule has 2 aromatic rings. The van der Waals surface area contributed by atoms with E-state index in [1.165, 1.54) is 19.1 Å². The first-order chi connectivity index (χ1) is 13.9. The van der Waals surface area contributed by atoms with Crippen LogP contribution in [0.25, 0.3) is 10.9 Å². The van der Waals surface area contributed by atoms with Gasteiger partial charge in [0.05, 0.1) is 29.3 Å². The molecule has 2 bridgehead atoms. The summed E-state index contributed by atoms with van der Waals surface area (Å²) >= 11 is 0. The SMILES string of the molecule is CC(=O)NC[C@H]1[C@H]2CN(C(=O)c3cc(C)nc4cc(F)ccc34)C[C@]23CC[C@H]1O3. The molecular formula is C22H24FN3O3. The second-order valence-corrected chi connectivity index (χ2v) is 8.63. The highest BCUT2D eigenvalue weighted by Crippen LogP contribution is 2.54. The average Bonchev–Trinajstić information content (AvgIpc) is 3.33. The maximum Gasteiger partial charge on any atom is 0.254 e. The van der Waals surface area contributed by atoms with Crippen LogP contribution >= 0.6 is 0 Å². The molecule has 29 heavy (non-hydrogen) atoms. The molecule has 1 spiro atoms. The van der Waals surface area contributed by atoms with Gasteiger partial charge in [0.1, 0.15) is 5.82 Å². The lowest BCUT2D eigenvalue weighted by Gasteiger charge is -2.29. The van der Waals surface area contributed by atoms with E-state index >= 15 is 0 Å². The lowest BCUT2D eigenvalue weighted by atomic mass is 9.73. The lowest BCUT2D eigenvalue weighted by molar-refractivity contribution is -0.119. The fraction of sp³-hybridized carbons (Fsp3) is 0.500. The number of benzene rings is 1. The lowest BCUT2D eigenvalue weighted by Crippen LogP contribution is -2.41. The number of rotatable bonds is 3. The van der Waals surface area contributed by atoms with Gasteiger partial charge in [0.25, 0.3) is 5.91 Å². The number of halogens is 1. The van der Waals surface area contributed by atoms with E-state index in [9.17, 15) is 14.0 Å². The van der Waals surface area contributed by atoms with Gasteiger partial charge in [-0.2, -0.15) is 0 Å². The number of amides is 2. The highest BCUT2D eigenvalue weighted by Gasteiger charge is 2.63. The van der Waals surface area contributed by atoms with Crippen LogP contribution in [0.15, 0.2) is 24.3 Å². The van der Waals surface area contributed by atoms with E-state index in [0.29, 0.717) is 41.8 Å². The first-order valence-electron chi connectivity index (χ1n) is 10.1. The Hall–Kier alpha value is -2.54. The molecule has 1 aromatic carbocycles. The van der Waals surface area contributed by atoms with Gasteiger partial charge in [-0.05, 0) is 38.0 Å². The van der Waals surface area contributed by atoms with Gasteiger partial charge in [-0.15, -0.1) is 0 Å². The Kier molecular flexibility index (Phi) is 4.13. The molecule has 2 amide bonds. The normalized spacial score (nSPS) is 30.0. The molecule has 4 heterocycles. The first-order valence-corrected chi connectivity index (χ1v) is 10.1. The third-order valence-corrected chi connectivity index (χ3v) is 6.79. The number of nitrogens with zero attached hydrogens (tertiary/aromatic N) is 2. The molecule has 3 aliphatic rings. The summed E-state index contributed by atoms with van der Waals surface area (Å²) in [6.45, 7) is 5.10. The van der Waals surface area contributed by atoms with Crippen molar-refractivity contribution in [2.45, 2.75) is 38.4 Å². The van der Waals surface area contributed by atoms with Crippen LogP contribution in [-0.2, 0) is 9.53 Å². The van der Waals surface area contributed by atoms with Crippen LogP contribution in [-0.4, -0.2) is 53.0 Å². The Morgan fingerprint density at radius 1 is 1.38 bits per heavy atom. The van der Waals surface area contributed by atoms with Crippen LogP contribution in [0.3, 0.4) is 0 Å². The summed E-state index contributed by atoms with van der Waals surface area (Å²) in [5.74, 6) is -0.0195. The summed E-state index contributed by atoms with van der Waals surface area (Å²) in [7, 11) is 0. The van der Waals surface area contributed by atoms with E-state index in [4.69, 9.17) is 4.74 Å². The highest BCUT2D eigenvalue weighted by atomic mass is 19.1. The number of hydrogen-bond donors (Lipinski definition) is 1. The predicted octanol–water partition coefficient (Wildman–Crippen LogP) is 2.44. The van der Waals surface area contributed by atoms with Crippen molar-refractivity contribution in [3.63, 3.8) is 0 Å². The Labute approximate surface area is 168 Å². The van der Waals surface area contributed by atoms with Crippen molar-refractivity contribution in [1.82, 2.24) is 15.2 Å². The monoisotopic (exact) mass is 397 g/mol. The zero-order valence-electron chi connectivity index (χ0n) is 16.6. The van der Waals surface area contributed by atoms with E-state index in [1.54, 1.807) is 12.1 Å². The number of aryl methyl sites for hydroxylation is 1. The van der Waals surface area contributed by atoms with Crippen LogP contribution in [0.2, 0.25) is 0 Å². The smallest absolute Gasteiger partial charge is 0.254 e. The molecule has 6 nitrogen and oxygen atoms in total. The van der Waals surface area contributed by atoms with Crippen LogP contribution < -0.4 is 5.32 Å². The predicted molar refractivity (Wildman–Crippen MR) is 105 cm³/mol. The Morgan fingerprint density at radius 3 is 3.00 bits per heavy atom. The second kappa shape index (κ2) is 6.49. The summed E-state index contributed by atoms with van der Waals surface area (Å²) in [4.78, 5) is 31.1. The third-order valence-electron chi connectivity index (χ3n) is 6.79. The standard InChI is InChI=1S/C22H24FN3O3/c1-12-7-16(15-4-3-14(23)8-19(15)25-12)21(28)26-10-18-17(9-24-13(2)27)20-5-6-22(18,11-26)29-20/h3-4,7-8,17-18,20H,5-6,9-11H2,1-2H3,(H,24,27)/t17-,18+,20+,22+/m0/s1. The van der Waals surface area contributed by atoms with Crippen LogP contribution in [0, 0.1) is 24.6 Å². The highest BCUT2D eigenvalue weighted by molar-refractivity contribution is 6.06. The number of aromatic nitrogens is 1. The molecule has 1 aromatic heterocycles. The van der Waals surface area contributed by atoms with Crippen molar-refractivity contribution in [3.8, 4) is 0 Å². The number of fused-ring (bicyclic) bond motifs is 2. The van der Waals surface area contributed by atoms with Crippen molar-refractivity contribution < 1.29 is 18.7 Å². The van der Waals surface area contributed by atoms with E-state index < -0.39 is 0 Å². The van der Waals surface area contributed by atoms with Crippen molar-refractivity contribution in [2.75, 3.05) is 19.6 Å². The first kappa shape index (κ1) is 18.5. The summed E-state index contributed by atoms with van der Waals surface area (Å²) in [6.07, 6.45) is 2.08. The minimum Gasteiger partial charge on any atom is -0.369 e. The molecule has 152 valence electrons. The van der Waals surface area contributed by atoms with E-state index in [0.717, 1.165) is 12.8 Å². The molecule has 4 atom stereocenters. The van der Waals surface area contributed by atoms with Crippen LogP contribution in [0.5, 0.6) is 0 Å². The van der Waals surface area contributed by atoms with Gasteiger partial charge >= 0.3 is 0 Å². The topological polar surface area (TPSA) is 71.5 Å². The van der Waals surface area contributed by atoms with E-state index in [1.807, 2.05) is 11.8 Å². The summed E-state index contributed by atoms with van der Waals surface area (Å²) in [6, 6.07) is 6.13. The molecule has 0 aliphatic carbocycles. The molecular weight excluding hydrogens is 373 g/mol. The van der Waals surface area contributed by atoms with Gasteiger partial charge in [-0.3, -0.25) is 14.6 Å². The molecule has 0 saturated carbocycles. The minimum absolute atomic E-state index is 0.0429. The summed E-state index contributed by atoms with van der Waals surface area (Å²) in [5, 5.41) is 3.59. The molecule has 7 heteroatoms. The maximum absolute atomic E-state index is 13.6. The number of hydrogen-bond acceptors (Lipinski definition) is 4. The molecule has 1 N–H and O–H groups in total. The van der Waals surface area contributed by atoms with Crippen molar-refractivity contribution in [1.29, 1.82) is 0 Å². The molecule has 5 rings (SSSR count). The molecule has 3 aliphatic heterocycles. The van der Waals surface area contributed by atoms with Gasteiger partial charge in [-0.25, -0.2) is 4.39 Å². The van der Waals surface area contributed by atoms with Crippen molar-refractivity contribution >= 4 is 22.7 Å². The summed E-state index contributed by atoms with van der Waals surface area (Å²) in [5.41, 5.74) is 1.43. The van der Waals surface area contributed by atoms with Gasteiger partial charge in [-0.1, -0.05) is 0 Å². The van der Waals surface area contributed by atoms with Gasteiger partial charge < -0.3 is 15.0 Å². The van der Waals surface area contributed by atoms with Crippen molar-refractivity contribution in [2.24, 2.45) is 11.8 Å². The fourth-order valence-electron chi connectivity index (χ4n) is 5.56. The molecule has 3 fully saturated rings. The zero-order chi connectivity index (χ0) is 20.3. The fourth-order valence-corrected chi connectivity index (χ4v) is 5.56. The molecule has 3 saturated heterocycles. The number of ether oxygens (including phenoxy) is 1. The summed E-state index contributed by atoms with van der Waals surface area (Å²) < 4.78 is 20.0. The van der Waals surface area contributed by atoms with Crippen molar-refractivity contribution in [3.05, 3.63) is 41.3 Å². The van der Waals surface area contributed by atoms with Gasteiger partial charge in [0, 0.05) is 49.0 Å². The number of carbonyl (C=O) groups is 2. The zero-order valence-corrected chi connectivity index (χ0v) is 16.6. The quantitative estimate of drug-likeness (QED) is 0.864. The van der Waals surface area contributed by atoms with Crippen LogP contribution in [0.1, 0.15) is 35.8 Å². The Bertz CT molecular complexity index is 1020. The molecule has 0 radical (unpaired) electrons. The van der Waals surface area contributed by atoms with E-state index in [2.05, 4.69) is 10.3 Å². The molecule has 0 unspecified atom stereocenters. The van der Waals surface area contributed by atoms with Gasteiger partial charge in [0.15, 0.2) is 0 Å². The number of nitrogens with one attached hydrogen (secondary N) is 1. The van der Waals surface area contributed by atoms with Crippen LogP contribution in [0.4, 0.5) is 4.39 Å². The average molecular weight is 397 g/mol. The Morgan fingerprint density at radius 2 is 2.21 bits per heavy atom. The number of likely N-dealkylation sites (tertiary alicyclic amines) is 1. The van der Waals surface area contributed by atoms with E-state index in [-0.39, 0.29) is 41.2 Å². The second-order valence-electron chi connectivity index (χ2n) is 8.63.